The van der Waals surface area contributed by atoms with Crippen molar-refractivity contribution < 1.29 is 44.1 Å². The van der Waals surface area contributed by atoms with Gasteiger partial charge in [0.15, 0.2) is 0 Å². The first kappa shape index (κ1) is 35.1. The van der Waals surface area contributed by atoms with Crippen molar-refractivity contribution in [2.45, 2.75) is 0 Å². The Balaban J connectivity index is 0.00000680. The number of anilines is 3. The molecule has 13 aromatic rings. The average Bonchev–Trinajstić information content (AvgIpc) is 3.63. The molecule has 0 fully saturated rings. The van der Waals surface area contributed by atoms with Crippen LogP contribution in [-0.4, -0.2) is 14.1 Å². The number of aromatic nitrogens is 4. The molecule has 0 radical (unpaired) electrons. The number of rotatable bonds is 11. The van der Waals surface area contributed by atoms with E-state index in [2.05, 4.69) is 88.6 Å². The van der Waals surface area contributed by atoms with Crippen LogP contribution in [0.2, 0.25) is 0 Å². The monoisotopic (exact) mass is 1130 g/mol. The zero-order chi connectivity index (χ0) is 56.5. The minimum absolute atomic E-state index is 0. The van der Waals surface area contributed by atoms with E-state index in [9.17, 15) is 0 Å². The maximum Gasteiger partial charge on any atom is 0.268 e. The van der Waals surface area contributed by atoms with Crippen molar-refractivity contribution in [3.05, 3.63) is 279 Å². The summed E-state index contributed by atoms with van der Waals surface area (Å²) < 4.78 is 99.7. The van der Waals surface area contributed by atoms with Crippen molar-refractivity contribution in [1.29, 1.82) is 0 Å². The van der Waals surface area contributed by atoms with Gasteiger partial charge in [-0.15, -0.1) is 29.7 Å². The Bertz CT molecular complexity index is 4510. The van der Waals surface area contributed by atoms with Gasteiger partial charge in [0.1, 0.15) is 5.82 Å². The average molecular weight is 1130 g/mol. The van der Waals surface area contributed by atoms with Gasteiger partial charge in [-0.2, -0.15) is 18.2 Å². The van der Waals surface area contributed by atoms with E-state index in [0.717, 1.165) is 50.0 Å². The van der Waals surface area contributed by atoms with Crippen molar-refractivity contribution in [2.24, 2.45) is 0 Å². The number of imidazole rings is 1. The van der Waals surface area contributed by atoms with Crippen LogP contribution in [0.1, 0.15) is 13.7 Å². The molecule has 0 saturated carbocycles. The fourth-order valence-corrected chi connectivity index (χ4v) is 9.41. The molecule has 0 aliphatic rings. The number of ether oxygens (including phenoxy) is 1. The van der Waals surface area contributed by atoms with Crippen LogP contribution in [0, 0.1) is 18.5 Å². The third-order valence-corrected chi connectivity index (χ3v) is 12.6. The fourth-order valence-electron chi connectivity index (χ4n) is 9.41. The van der Waals surface area contributed by atoms with Gasteiger partial charge in [-0.05, 0) is 80.9 Å². The van der Waals surface area contributed by atoms with E-state index >= 15 is 0 Å². The van der Waals surface area contributed by atoms with Crippen LogP contribution in [0.25, 0.3) is 83.4 Å². The van der Waals surface area contributed by atoms with E-state index in [1.807, 2.05) is 109 Å². The summed E-state index contributed by atoms with van der Waals surface area (Å²) in [5.41, 5.74) is 8.36. The topological polar surface area (TPSA) is 39.1 Å². The van der Waals surface area contributed by atoms with Crippen LogP contribution in [0.5, 0.6) is 11.5 Å². The van der Waals surface area contributed by atoms with Crippen LogP contribution >= 0.6 is 0 Å². The van der Waals surface area contributed by atoms with E-state index in [4.69, 9.17) is 23.4 Å². The van der Waals surface area contributed by atoms with Crippen LogP contribution in [-0.2, 0) is 21.1 Å². The third-order valence-electron chi connectivity index (χ3n) is 12.6. The van der Waals surface area contributed by atoms with E-state index in [1.165, 1.54) is 0 Å². The summed E-state index contributed by atoms with van der Waals surface area (Å²) in [6, 6.07) is 64.2. The molecule has 0 atom stereocenters. The summed E-state index contributed by atoms with van der Waals surface area (Å²) in [6.07, 6.45) is 5.24. The van der Waals surface area contributed by atoms with E-state index in [-0.39, 0.29) is 49.0 Å². The summed E-state index contributed by atoms with van der Waals surface area (Å²) in [4.78, 5) is 7.19. The first-order chi connectivity index (χ1) is 39.9. The Morgan fingerprint density at radius 3 is 1.82 bits per heavy atom. The van der Waals surface area contributed by atoms with Gasteiger partial charge >= 0.3 is 0 Å². The van der Waals surface area contributed by atoms with Crippen LogP contribution < -0.4 is 14.2 Å². The molecular formula is C66H43N5OPt-2. The summed E-state index contributed by atoms with van der Waals surface area (Å²) in [5, 5.41) is 1.92. The SMILES string of the molecule is [2H]c1c([2H])c([2H])c(-c2cccc(-c3c([2H])c([2H])c([2H])c([2H])c3[2H])c2-[n+]2[c-]n(-c3[c-]c(Oc4[c-]c5c(cc4)c4cc(-c6ccccc6)ccc4n5-c4cc(N(c5ccccc5)c5ccccc5)ccn4)ccc3)c3ccccc32)c([2H])c1[2H].[Pt]. The molecule has 0 aliphatic heterocycles. The van der Waals surface area contributed by atoms with Crippen molar-refractivity contribution in [1.82, 2.24) is 14.1 Å². The van der Waals surface area contributed by atoms with Crippen molar-refractivity contribution in [2.75, 3.05) is 4.90 Å². The molecule has 0 bridgehead atoms. The maximum atomic E-state index is 9.08. The summed E-state index contributed by atoms with van der Waals surface area (Å²) in [5.74, 6) is 1.39. The standard InChI is InChI=1S/C66H43N5O.Pt/c1-6-20-47(21-7-1)50-36-39-61-60(42-50)59-38-37-56(45-64(59)71(61)65-44-54(40-41-67-65)70(51-26-12-4-13-27-51)52-28-14-5-15-29-52)72-55-31-18-30-53(43-55)68-46-69(63-35-17-16-34-62(63)68)66-57(48-22-8-2-9-23-48)32-19-33-58(66)49-24-10-3-11-25-49;/h1-42,44H;/q-2;/i2D,3D,8D,9D,10D,11D,22D,23D,24D,25D;. The Morgan fingerprint density at radius 1 is 0.493 bits per heavy atom. The van der Waals surface area contributed by atoms with Crippen molar-refractivity contribution >= 4 is 49.9 Å². The van der Waals surface area contributed by atoms with Gasteiger partial charge < -0.3 is 18.8 Å². The molecule has 3 heterocycles. The largest absolute Gasteiger partial charge is 0.510 e. The van der Waals surface area contributed by atoms with Gasteiger partial charge in [0.25, 0.3) is 6.33 Å². The smallest absolute Gasteiger partial charge is 0.268 e. The van der Waals surface area contributed by atoms with Gasteiger partial charge in [0.05, 0.1) is 36.1 Å². The van der Waals surface area contributed by atoms with Crippen molar-refractivity contribution in [3.63, 3.8) is 0 Å². The van der Waals surface area contributed by atoms with Crippen LogP contribution in [0.3, 0.4) is 0 Å². The fraction of sp³-hybridized carbons (Fsp3) is 0. The number of nitrogens with zero attached hydrogens (tertiary/aromatic N) is 5. The second-order valence-electron chi connectivity index (χ2n) is 16.9. The molecule has 0 N–H and O–H groups in total. The first-order valence-electron chi connectivity index (χ1n) is 28.2. The molecule has 350 valence electrons. The van der Waals surface area contributed by atoms with Gasteiger partial charge in [-0.25, -0.2) is 4.98 Å². The molecular weight excluding hydrogens is 1070 g/mol. The van der Waals surface area contributed by atoms with Gasteiger partial charge in [-0.1, -0.05) is 187 Å². The normalized spacial score (nSPS) is 13.1. The predicted octanol–water partition coefficient (Wildman–Crippen LogP) is 16.1. The maximum absolute atomic E-state index is 9.08. The summed E-state index contributed by atoms with van der Waals surface area (Å²) >= 11 is 0. The summed E-state index contributed by atoms with van der Waals surface area (Å²) in [7, 11) is 0. The number of fused-ring (bicyclic) bond motifs is 4. The molecule has 6 nitrogen and oxygen atoms in total. The molecule has 0 unspecified atom stereocenters. The zero-order valence-corrected chi connectivity index (χ0v) is 40.8. The van der Waals surface area contributed by atoms with E-state index in [1.54, 1.807) is 39.5 Å². The van der Waals surface area contributed by atoms with Gasteiger partial charge in [-0.3, -0.25) is 4.57 Å². The third kappa shape index (κ3) is 8.48. The summed E-state index contributed by atoms with van der Waals surface area (Å²) in [6.45, 7) is 0. The quantitative estimate of drug-likeness (QED) is 0.0957. The molecule has 7 heteroatoms. The van der Waals surface area contributed by atoms with Crippen LogP contribution in [0.15, 0.2) is 261 Å². The number of benzene rings is 10. The Kier molecular flexibility index (Phi) is 9.42. The molecule has 0 amide bonds. The van der Waals surface area contributed by atoms with Gasteiger partial charge in [0.2, 0.25) is 0 Å². The van der Waals surface area contributed by atoms with Crippen LogP contribution in [0.4, 0.5) is 17.1 Å². The molecule has 73 heavy (non-hydrogen) atoms. The minimum atomic E-state index is -0.579. The second-order valence-corrected chi connectivity index (χ2v) is 16.9. The molecule has 0 aliphatic carbocycles. The molecule has 10 aromatic carbocycles. The zero-order valence-electron chi connectivity index (χ0n) is 48.5. The van der Waals surface area contributed by atoms with Gasteiger partial charge in [0, 0.05) is 61.7 Å². The molecule has 0 spiro atoms. The number of hydrogen-bond donors (Lipinski definition) is 0. The predicted molar refractivity (Wildman–Crippen MR) is 291 cm³/mol. The Labute approximate surface area is 452 Å². The Hall–Kier alpha value is -9.09. The van der Waals surface area contributed by atoms with E-state index < -0.39 is 60.4 Å². The number of hydrogen-bond acceptors (Lipinski definition) is 3. The minimum Gasteiger partial charge on any atom is -0.510 e. The van der Waals surface area contributed by atoms with Crippen molar-refractivity contribution in [3.8, 4) is 62.1 Å². The number of para-hydroxylation sites is 5. The first-order valence-corrected chi connectivity index (χ1v) is 23.2. The molecule has 3 aromatic heterocycles. The molecule has 13 rings (SSSR count). The number of pyridine rings is 1. The van der Waals surface area contributed by atoms with E-state index in [0.29, 0.717) is 34.0 Å². The molecule has 0 saturated heterocycles. The second kappa shape index (κ2) is 19.6. The Morgan fingerprint density at radius 2 is 1.12 bits per heavy atom.